The summed E-state index contributed by atoms with van der Waals surface area (Å²) in [5.74, 6) is 0.910. The summed E-state index contributed by atoms with van der Waals surface area (Å²) in [6.07, 6.45) is 8.27. The van der Waals surface area contributed by atoms with Gasteiger partial charge < -0.3 is 10.2 Å². The Labute approximate surface area is 115 Å². The molecule has 0 aromatic rings. The van der Waals surface area contributed by atoms with Gasteiger partial charge >= 0.3 is 0 Å². The van der Waals surface area contributed by atoms with Gasteiger partial charge in [0.15, 0.2) is 8.32 Å². The third-order valence-electron chi connectivity index (χ3n) is 4.88. The highest BCUT2D eigenvalue weighted by molar-refractivity contribution is 6.74. The Hall–Kier alpha value is 0.137. The Morgan fingerprint density at radius 3 is 2.11 bits per heavy atom. The first-order valence-corrected chi connectivity index (χ1v) is 10.5. The number of hydrogen-bond acceptors (Lipinski definition) is 2. The molecule has 108 valence electrons. The molecular formula is C15H33NOSi. The van der Waals surface area contributed by atoms with Crippen molar-refractivity contribution in [1.29, 1.82) is 0 Å². The molecule has 1 aliphatic carbocycles. The van der Waals surface area contributed by atoms with Crippen LogP contribution in [0.3, 0.4) is 0 Å². The SMILES string of the molecule is CC(C)(C)[Si](C)(C)OC1CCC(CCCN)CC1. The van der Waals surface area contributed by atoms with Crippen molar-refractivity contribution in [2.24, 2.45) is 11.7 Å². The summed E-state index contributed by atoms with van der Waals surface area (Å²) < 4.78 is 6.51. The fraction of sp³-hybridized carbons (Fsp3) is 1.00. The minimum atomic E-state index is -1.56. The van der Waals surface area contributed by atoms with Crippen LogP contribution in [-0.4, -0.2) is 21.0 Å². The van der Waals surface area contributed by atoms with E-state index in [0.717, 1.165) is 12.5 Å². The summed E-state index contributed by atoms with van der Waals surface area (Å²) >= 11 is 0. The van der Waals surface area contributed by atoms with E-state index in [1.165, 1.54) is 38.5 Å². The molecule has 0 radical (unpaired) electrons. The van der Waals surface area contributed by atoms with Crippen LogP contribution in [0.25, 0.3) is 0 Å². The van der Waals surface area contributed by atoms with E-state index in [4.69, 9.17) is 10.2 Å². The molecule has 1 fully saturated rings. The summed E-state index contributed by atoms with van der Waals surface area (Å²) in [4.78, 5) is 0. The van der Waals surface area contributed by atoms with Crippen LogP contribution in [0.1, 0.15) is 59.3 Å². The average Bonchev–Trinajstić information content (AvgIpc) is 2.26. The second-order valence-electron chi connectivity index (χ2n) is 7.45. The lowest BCUT2D eigenvalue weighted by Gasteiger charge is -2.41. The molecule has 0 amide bonds. The van der Waals surface area contributed by atoms with Crippen LogP contribution >= 0.6 is 0 Å². The van der Waals surface area contributed by atoms with Crippen molar-refractivity contribution >= 4 is 8.32 Å². The van der Waals surface area contributed by atoms with Gasteiger partial charge in [-0.15, -0.1) is 0 Å². The molecule has 0 aliphatic heterocycles. The summed E-state index contributed by atoms with van der Waals surface area (Å²) in [6, 6.07) is 0. The molecular weight excluding hydrogens is 238 g/mol. The number of nitrogens with two attached hydrogens (primary N) is 1. The zero-order chi connectivity index (χ0) is 13.8. The molecule has 3 heteroatoms. The first-order valence-electron chi connectivity index (χ1n) is 7.64. The Balaban J connectivity index is 2.35. The molecule has 0 unspecified atom stereocenters. The van der Waals surface area contributed by atoms with E-state index in [1.54, 1.807) is 0 Å². The molecule has 1 aliphatic rings. The second-order valence-corrected chi connectivity index (χ2v) is 12.2. The maximum atomic E-state index is 6.51. The van der Waals surface area contributed by atoms with Crippen molar-refractivity contribution < 1.29 is 4.43 Å². The quantitative estimate of drug-likeness (QED) is 0.756. The van der Waals surface area contributed by atoms with Gasteiger partial charge in [0, 0.05) is 6.10 Å². The molecule has 2 N–H and O–H groups in total. The van der Waals surface area contributed by atoms with E-state index in [0.29, 0.717) is 11.1 Å². The Bertz CT molecular complexity index is 239. The Morgan fingerprint density at radius 2 is 1.67 bits per heavy atom. The Morgan fingerprint density at radius 1 is 1.11 bits per heavy atom. The van der Waals surface area contributed by atoms with Crippen LogP contribution in [-0.2, 0) is 4.43 Å². The first-order chi connectivity index (χ1) is 8.26. The van der Waals surface area contributed by atoms with Gasteiger partial charge in [-0.2, -0.15) is 0 Å². The fourth-order valence-corrected chi connectivity index (χ4v) is 3.96. The fourth-order valence-electron chi connectivity index (χ4n) is 2.54. The van der Waals surface area contributed by atoms with E-state index in [9.17, 15) is 0 Å². The summed E-state index contributed by atoms with van der Waals surface area (Å²) in [5, 5.41) is 0.337. The topological polar surface area (TPSA) is 35.2 Å². The van der Waals surface area contributed by atoms with Crippen LogP contribution in [0.15, 0.2) is 0 Å². The summed E-state index contributed by atoms with van der Waals surface area (Å²) in [7, 11) is -1.56. The first kappa shape index (κ1) is 16.2. The zero-order valence-electron chi connectivity index (χ0n) is 13.1. The van der Waals surface area contributed by atoms with Gasteiger partial charge in [-0.1, -0.05) is 20.8 Å². The van der Waals surface area contributed by atoms with E-state index < -0.39 is 8.32 Å². The van der Waals surface area contributed by atoms with Crippen LogP contribution in [0.4, 0.5) is 0 Å². The monoisotopic (exact) mass is 271 g/mol. The van der Waals surface area contributed by atoms with Gasteiger partial charge in [0.2, 0.25) is 0 Å². The summed E-state index contributed by atoms with van der Waals surface area (Å²) in [6.45, 7) is 12.6. The lowest BCUT2D eigenvalue weighted by Crippen LogP contribution is -2.44. The molecule has 2 nitrogen and oxygen atoms in total. The zero-order valence-corrected chi connectivity index (χ0v) is 14.1. The average molecular weight is 272 g/mol. The van der Waals surface area contributed by atoms with Crippen molar-refractivity contribution in [3.05, 3.63) is 0 Å². The van der Waals surface area contributed by atoms with Gasteiger partial charge in [0.05, 0.1) is 0 Å². The van der Waals surface area contributed by atoms with Crippen LogP contribution in [0.2, 0.25) is 18.1 Å². The van der Waals surface area contributed by atoms with Crippen molar-refractivity contribution in [1.82, 2.24) is 0 Å². The standard InChI is InChI=1S/C15H33NOSi/c1-15(2,3)18(4,5)17-14-10-8-13(9-11-14)7-6-12-16/h13-14H,6-12,16H2,1-5H3. The minimum absolute atomic E-state index is 0.337. The minimum Gasteiger partial charge on any atom is -0.414 e. The maximum absolute atomic E-state index is 6.51. The lowest BCUT2D eigenvalue weighted by atomic mass is 9.85. The van der Waals surface area contributed by atoms with E-state index >= 15 is 0 Å². The smallest absolute Gasteiger partial charge is 0.192 e. The van der Waals surface area contributed by atoms with Gasteiger partial charge in [-0.25, -0.2) is 0 Å². The van der Waals surface area contributed by atoms with Crippen LogP contribution in [0.5, 0.6) is 0 Å². The normalized spacial score (nSPS) is 26.3. The number of hydrogen-bond donors (Lipinski definition) is 1. The third-order valence-corrected chi connectivity index (χ3v) is 9.41. The van der Waals surface area contributed by atoms with E-state index in [1.807, 2.05) is 0 Å². The van der Waals surface area contributed by atoms with Gasteiger partial charge in [0.1, 0.15) is 0 Å². The highest BCUT2D eigenvalue weighted by atomic mass is 28.4. The third kappa shape index (κ3) is 4.67. The molecule has 1 rings (SSSR count). The molecule has 0 aromatic heterocycles. The molecule has 0 saturated heterocycles. The largest absolute Gasteiger partial charge is 0.414 e. The van der Waals surface area contributed by atoms with Crippen LogP contribution in [0, 0.1) is 5.92 Å². The maximum Gasteiger partial charge on any atom is 0.192 e. The lowest BCUT2D eigenvalue weighted by molar-refractivity contribution is 0.114. The summed E-state index contributed by atoms with van der Waals surface area (Å²) in [5.41, 5.74) is 5.58. The molecule has 0 aromatic carbocycles. The van der Waals surface area contributed by atoms with Gasteiger partial charge in [-0.3, -0.25) is 0 Å². The van der Waals surface area contributed by atoms with Crippen molar-refractivity contribution in [3.63, 3.8) is 0 Å². The van der Waals surface area contributed by atoms with Crippen molar-refractivity contribution in [3.8, 4) is 0 Å². The predicted molar refractivity (Wildman–Crippen MR) is 82.3 cm³/mol. The molecule has 0 heterocycles. The predicted octanol–water partition coefficient (Wildman–Crippen LogP) is 4.31. The molecule has 0 atom stereocenters. The molecule has 18 heavy (non-hydrogen) atoms. The van der Waals surface area contributed by atoms with Crippen molar-refractivity contribution in [2.75, 3.05) is 6.54 Å². The van der Waals surface area contributed by atoms with E-state index in [2.05, 4.69) is 33.9 Å². The van der Waals surface area contributed by atoms with Crippen molar-refractivity contribution in [2.45, 2.75) is 83.5 Å². The van der Waals surface area contributed by atoms with E-state index in [-0.39, 0.29) is 0 Å². The second kappa shape index (κ2) is 6.53. The van der Waals surface area contributed by atoms with Gasteiger partial charge in [0.25, 0.3) is 0 Å². The molecule has 1 saturated carbocycles. The number of rotatable bonds is 5. The van der Waals surface area contributed by atoms with Crippen LogP contribution < -0.4 is 5.73 Å². The molecule has 0 bridgehead atoms. The Kier molecular flexibility index (Phi) is 5.88. The highest BCUT2D eigenvalue weighted by Gasteiger charge is 2.39. The highest BCUT2D eigenvalue weighted by Crippen LogP contribution is 2.40. The van der Waals surface area contributed by atoms with Gasteiger partial charge in [-0.05, 0) is 69.1 Å². The molecule has 0 spiro atoms.